The summed E-state index contributed by atoms with van der Waals surface area (Å²) in [4.78, 5) is 18.7. The monoisotopic (exact) mass is 343 g/mol. The van der Waals surface area contributed by atoms with E-state index in [1.807, 2.05) is 18.2 Å². The number of nitrogens with one attached hydrogen (secondary N) is 1. The van der Waals surface area contributed by atoms with E-state index in [4.69, 9.17) is 14.6 Å². The van der Waals surface area contributed by atoms with Crippen LogP contribution in [0, 0.1) is 0 Å². The number of carboxylic acid groups (broad SMARTS) is 1. The number of carboxylic acids is 1. The fourth-order valence-corrected chi connectivity index (χ4v) is 2.83. The van der Waals surface area contributed by atoms with Gasteiger partial charge in [-0.1, -0.05) is 6.07 Å². The number of aromatic carboxylic acids is 1. The van der Waals surface area contributed by atoms with E-state index in [2.05, 4.69) is 15.3 Å². The quantitative estimate of drug-likeness (QED) is 0.797. The van der Waals surface area contributed by atoms with Crippen LogP contribution in [0.1, 0.15) is 41.7 Å². The number of rotatable bonds is 7. The summed E-state index contributed by atoms with van der Waals surface area (Å²) in [7, 11) is 1.63. The number of carbonyl (C=O) groups is 1. The van der Waals surface area contributed by atoms with E-state index >= 15 is 0 Å². The highest BCUT2D eigenvalue weighted by atomic mass is 16.5. The first-order chi connectivity index (χ1) is 12.2. The van der Waals surface area contributed by atoms with E-state index in [0.717, 1.165) is 29.9 Å². The van der Waals surface area contributed by atoms with Gasteiger partial charge in [-0.3, -0.25) is 0 Å². The van der Waals surface area contributed by atoms with Crippen molar-refractivity contribution in [3.63, 3.8) is 0 Å². The van der Waals surface area contributed by atoms with Crippen LogP contribution in [0.4, 0.5) is 5.82 Å². The molecular weight excluding hydrogens is 322 g/mol. The van der Waals surface area contributed by atoms with Gasteiger partial charge < -0.3 is 19.9 Å². The Kier molecular flexibility index (Phi) is 5.33. The third-order valence-corrected chi connectivity index (χ3v) is 4.17. The van der Waals surface area contributed by atoms with E-state index < -0.39 is 5.97 Å². The fraction of sp³-hybridized carbons (Fsp3) is 0.389. The molecule has 0 spiro atoms. The largest absolute Gasteiger partial charge is 0.493 e. The van der Waals surface area contributed by atoms with Crippen molar-refractivity contribution < 1.29 is 19.4 Å². The van der Waals surface area contributed by atoms with Crippen molar-refractivity contribution in [3.05, 3.63) is 41.9 Å². The molecule has 1 aromatic heterocycles. The minimum absolute atomic E-state index is 0.0813. The summed E-state index contributed by atoms with van der Waals surface area (Å²) in [6.45, 7) is 0.520. The van der Waals surface area contributed by atoms with Crippen LogP contribution in [0.25, 0.3) is 0 Å². The van der Waals surface area contributed by atoms with E-state index in [0.29, 0.717) is 12.4 Å². The number of anilines is 1. The molecule has 2 N–H and O–H groups in total. The Bertz CT molecular complexity index is 728. The topological polar surface area (TPSA) is 93.6 Å². The van der Waals surface area contributed by atoms with E-state index in [1.165, 1.54) is 25.2 Å². The molecule has 0 atom stereocenters. The van der Waals surface area contributed by atoms with Gasteiger partial charge >= 0.3 is 5.97 Å². The van der Waals surface area contributed by atoms with Crippen molar-refractivity contribution in [2.45, 2.75) is 38.3 Å². The molecule has 1 aliphatic rings. The average molecular weight is 343 g/mol. The number of hydrogen-bond donors (Lipinski definition) is 2. The summed E-state index contributed by atoms with van der Waals surface area (Å²) < 4.78 is 11.5. The predicted octanol–water partition coefficient (Wildman–Crippen LogP) is 3.12. The lowest BCUT2D eigenvalue weighted by Gasteiger charge is -2.17. The zero-order valence-electron chi connectivity index (χ0n) is 14.1. The lowest BCUT2D eigenvalue weighted by atomic mass is 10.2. The van der Waals surface area contributed by atoms with Crippen LogP contribution in [0.2, 0.25) is 0 Å². The van der Waals surface area contributed by atoms with Gasteiger partial charge in [-0.2, -0.15) is 0 Å². The van der Waals surface area contributed by atoms with Gasteiger partial charge in [-0.25, -0.2) is 14.8 Å². The Balaban J connectivity index is 1.66. The number of hydrogen-bond acceptors (Lipinski definition) is 6. The average Bonchev–Trinajstić information content (AvgIpc) is 3.13. The lowest BCUT2D eigenvalue weighted by molar-refractivity contribution is 0.0690. The molecule has 25 heavy (non-hydrogen) atoms. The molecule has 0 radical (unpaired) electrons. The number of methoxy groups -OCH3 is 1. The zero-order valence-corrected chi connectivity index (χ0v) is 14.1. The predicted molar refractivity (Wildman–Crippen MR) is 92.2 cm³/mol. The molecule has 2 aromatic rings. The Hall–Kier alpha value is -2.83. The smallest absolute Gasteiger partial charge is 0.356 e. The summed E-state index contributed by atoms with van der Waals surface area (Å²) in [5, 5.41) is 12.0. The molecule has 0 unspecified atom stereocenters. The van der Waals surface area contributed by atoms with Gasteiger partial charge in [0.25, 0.3) is 0 Å². The molecule has 0 aliphatic heterocycles. The molecule has 0 bridgehead atoms. The third kappa shape index (κ3) is 4.37. The number of benzene rings is 1. The summed E-state index contributed by atoms with van der Waals surface area (Å²) in [6, 6.07) is 5.80. The van der Waals surface area contributed by atoms with Crippen molar-refractivity contribution in [2.75, 3.05) is 12.4 Å². The summed E-state index contributed by atoms with van der Waals surface area (Å²) in [5.74, 6) is 0.893. The summed E-state index contributed by atoms with van der Waals surface area (Å²) in [6.07, 6.45) is 7.47. The van der Waals surface area contributed by atoms with E-state index in [1.54, 1.807) is 7.11 Å². The summed E-state index contributed by atoms with van der Waals surface area (Å²) in [5.41, 5.74) is 0.931. The van der Waals surface area contributed by atoms with Crippen molar-refractivity contribution >= 4 is 11.8 Å². The Labute approximate surface area is 146 Å². The first kappa shape index (κ1) is 17.0. The minimum atomic E-state index is -1.09. The first-order valence-electron chi connectivity index (χ1n) is 8.28. The Morgan fingerprint density at radius 3 is 2.68 bits per heavy atom. The highest BCUT2D eigenvalue weighted by Crippen LogP contribution is 2.32. The van der Waals surface area contributed by atoms with Gasteiger partial charge in [0.05, 0.1) is 25.6 Å². The molecule has 3 rings (SSSR count). The highest BCUT2D eigenvalue weighted by molar-refractivity contribution is 5.84. The van der Waals surface area contributed by atoms with Gasteiger partial charge in [0.1, 0.15) is 5.82 Å². The second-order valence-electron chi connectivity index (χ2n) is 5.96. The van der Waals surface area contributed by atoms with Crippen LogP contribution in [-0.2, 0) is 6.54 Å². The second kappa shape index (κ2) is 7.83. The van der Waals surface area contributed by atoms with Gasteiger partial charge in [0, 0.05) is 6.54 Å². The molecule has 132 valence electrons. The Morgan fingerprint density at radius 1 is 1.24 bits per heavy atom. The molecule has 0 saturated heterocycles. The highest BCUT2D eigenvalue weighted by Gasteiger charge is 2.18. The summed E-state index contributed by atoms with van der Waals surface area (Å²) >= 11 is 0. The molecule has 7 nitrogen and oxygen atoms in total. The van der Waals surface area contributed by atoms with Crippen LogP contribution < -0.4 is 14.8 Å². The van der Waals surface area contributed by atoms with Crippen molar-refractivity contribution in [1.82, 2.24) is 9.97 Å². The molecular formula is C18H21N3O4. The maximum absolute atomic E-state index is 10.8. The Morgan fingerprint density at radius 2 is 2.04 bits per heavy atom. The molecule has 1 aliphatic carbocycles. The number of aromatic nitrogens is 2. The van der Waals surface area contributed by atoms with Crippen LogP contribution >= 0.6 is 0 Å². The normalized spacial score (nSPS) is 14.3. The lowest BCUT2D eigenvalue weighted by Crippen LogP contribution is -2.12. The molecule has 1 fully saturated rings. The van der Waals surface area contributed by atoms with Crippen molar-refractivity contribution in [1.29, 1.82) is 0 Å². The van der Waals surface area contributed by atoms with Crippen molar-refractivity contribution in [2.24, 2.45) is 0 Å². The van der Waals surface area contributed by atoms with Crippen LogP contribution in [0.15, 0.2) is 30.6 Å². The molecule has 7 heteroatoms. The molecule has 1 saturated carbocycles. The van der Waals surface area contributed by atoms with Crippen LogP contribution in [0.5, 0.6) is 11.5 Å². The maximum Gasteiger partial charge on any atom is 0.356 e. The van der Waals surface area contributed by atoms with E-state index in [9.17, 15) is 4.79 Å². The number of nitrogens with zero attached hydrogens (tertiary/aromatic N) is 2. The van der Waals surface area contributed by atoms with Gasteiger partial charge in [-0.05, 0) is 43.4 Å². The maximum atomic E-state index is 10.8. The van der Waals surface area contributed by atoms with Gasteiger partial charge in [-0.15, -0.1) is 0 Å². The SMILES string of the molecule is COc1ccc(CNc2cnc(C(=O)O)cn2)cc1OC1CCCC1. The number of ether oxygens (including phenoxy) is 2. The van der Waals surface area contributed by atoms with Crippen LogP contribution in [0.3, 0.4) is 0 Å². The van der Waals surface area contributed by atoms with Crippen LogP contribution in [-0.4, -0.2) is 34.3 Å². The third-order valence-electron chi connectivity index (χ3n) is 4.17. The first-order valence-corrected chi connectivity index (χ1v) is 8.28. The van der Waals surface area contributed by atoms with E-state index in [-0.39, 0.29) is 11.8 Å². The second-order valence-corrected chi connectivity index (χ2v) is 5.96. The van der Waals surface area contributed by atoms with Gasteiger partial charge in [0.2, 0.25) is 0 Å². The van der Waals surface area contributed by atoms with Gasteiger partial charge in [0.15, 0.2) is 17.2 Å². The molecule has 0 amide bonds. The standard InChI is InChI=1S/C18H21N3O4/c1-24-15-7-6-12(8-16(15)25-13-4-2-3-5-13)9-20-17-11-19-14(10-21-17)18(22)23/h6-8,10-11,13H,2-5,9H2,1H3,(H,20,21)(H,22,23). The molecule has 1 heterocycles. The van der Waals surface area contributed by atoms with Crippen molar-refractivity contribution in [3.8, 4) is 11.5 Å². The fourth-order valence-electron chi connectivity index (χ4n) is 2.83. The zero-order chi connectivity index (χ0) is 17.6. The molecule has 1 aromatic carbocycles. The minimum Gasteiger partial charge on any atom is -0.493 e.